The lowest BCUT2D eigenvalue weighted by Gasteiger charge is -2.36. The number of fused-ring (bicyclic) bond motifs is 5. The third-order valence-electron chi connectivity index (χ3n) is 15.4. The van der Waals surface area contributed by atoms with E-state index in [2.05, 4.69) is 17.9 Å². The summed E-state index contributed by atoms with van der Waals surface area (Å²) in [5.41, 5.74) is -0.336. The molecule has 4 fully saturated rings. The largest absolute Gasteiger partial charge is 0.495 e. The number of imide groups is 2. The zero-order chi connectivity index (χ0) is 57.6. The predicted molar refractivity (Wildman–Crippen MR) is 295 cm³/mol. The van der Waals surface area contributed by atoms with Gasteiger partial charge in [0, 0.05) is 65.1 Å². The molecule has 4 bridgehead atoms. The maximum absolute atomic E-state index is 14.4. The fourth-order valence-electron chi connectivity index (χ4n) is 10.1. The van der Waals surface area contributed by atoms with Crippen molar-refractivity contribution in [3.63, 3.8) is 0 Å². The van der Waals surface area contributed by atoms with Gasteiger partial charge < -0.3 is 48.3 Å². The van der Waals surface area contributed by atoms with Gasteiger partial charge in [-0.15, -0.1) is 11.8 Å². The third kappa shape index (κ3) is 15.4. The number of thioether (sulfide) groups is 1. The Morgan fingerprint density at radius 2 is 1.63 bits per heavy atom. The van der Waals surface area contributed by atoms with E-state index in [0.717, 1.165) is 11.1 Å². The normalized spacial score (nSPS) is 28.6. The number of carbonyl (C=O) groups is 8. The number of nitrogens with one attached hydrogen (secondary N) is 1. The monoisotopic (exact) mass is 1150 g/mol. The van der Waals surface area contributed by atoms with Crippen LogP contribution in [0.1, 0.15) is 106 Å². The standard InChI is InChI=1S/C55H78ClN5O15S2/c1-31-14-13-15-37(70-11)35-27-38(74-52(69)57-35)32(2)48-55(8,76-48)42(30-44(63)59(10)36-25-34(24-31)26-39(71-12)47(36)56)75-51(68)33(3)58(9)43(62)16-23-78-41-29-46(65)61(50(41)67)20-22-73-54(6,7)18-21-72-53(4,5)17-19-60-45(64)28-40(77)49(60)66/h13-15,25-26,32-33,35,37-38,40-42,48,77H,16-24,27-30H2,1-12H3,(H,57,69)/b15-13+,31-14+/t32-,33+,35?,37-,38+,40?,41?,42+,48+,55+/m1/s1. The second-order valence-corrected chi connectivity index (χ2v) is 24.5. The molecule has 5 aliphatic heterocycles. The van der Waals surface area contributed by atoms with Crippen molar-refractivity contribution in [2.45, 2.75) is 171 Å². The minimum Gasteiger partial charge on any atom is -0.495 e. The molecule has 10 atom stereocenters. The van der Waals surface area contributed by atoms with Gasteiger partial charge in [0.05, 0.1) is 78.9 Å². The number of thiol groups is 1. The highest BCUT2D eigenvalue weighted by Crippen LogP contribution is 2.49. The van der Waals surface area contributed by atoms with Crippen LogP contribution in [0.25, 0.3) is 0 Å². The molecule has 0 aromatic heterocycles. The lowest BCUT2D eigenvalue weighted by molar-refractivity contribution is -0.162. The Bertz CT molecular complexity index is 2510. The average Bonchev–Trinajstić information content (AvgIpc) is 4.06. The summed E-state index contributed by atoms with van der Waals surface area (Å²) in [6.07, 6.45) is 3.62. The molecular formula is C55H78ClN5O15S2. The van der Waals surface area contributed by atoms with E-state index < -0.39 is 93.6 Å². The minimum absolute atomic E-state index is 0.0323. The molecule has 1 aromatic rings. The predicted octanol–water partition coefficient (Wildman–Crippen LogP) is 5.87. The van der Waals surface area contributed by atoms with Crippen LogP contribution in [0, 0.1) is 5.92 Å². The molecule has 23 heteroatoms. The maximum Gasteiger partial charge on any atom is 0.407 e. The summed E-state index contributed by atoms with van der Waals surface area (Å²) >= 11 is 12.2. The molecule has 20 nitrogen and oxygen atoms in total. The van der Waals surface area contributed by atoms with Crippen LogP contribution in [0.3, 0.4) is 0 Å². The number of epoxide rings is 1. The highest BCUT2D eigenvalue weighted by atomic mass is 35.5. The van der Waals surface area contributed by atoms with Crippen LogP contribution in [0.4, 0.5) is 10.5 Å². The van der Waals surface area contributed by atoms with Gasteiger partial charge in [0.15, 0.2) is 0 Å². The Kier molecular flexibility index (Phi) is 21.0. The van der Waals surface area contributed by atoms with Crippen molar-refractivity contribution in [1.82, 2.24) is 20.0 Å². The molecule has 5 heterocycles. The van der Waals surface area contributed by atoms with Crippen molar-refractivity contribution >= 4 is 89.2 Å². The van der Waals surface area contributed by atoms with E-state index in [-0.39, 0.29) is 79.8 Å². The smallest absolute Gasteiger partial charge is 0.407 e. The number of hydrogen-bond donors (Lipinski definition) is 2. The second-order valence-electron chi connectivity index (χ2n) is 22.2. The fraction of sp³-hybridized carbons (Fsp3) is 0.673. The van der Waals surface area contributed by atoms with Gasteiger partial charge in [-0.05, 0) is 85.4 Å². The van der Waals surface area contributed by atoms with Crippen LogP contribution in [-0.2, 0) is 68.4 Å². The summed E-state index contributed by atoms with van der Waals surface area (Å²) in [6, 6.07) is 2.05. The molecule has 78 heavy (non-hydrogen) atoms. The Hall–Kier alpha value is -4.71. The molecule has 6 rings (SSSR count). The molecule has 0 spiro atoms. The topological polar surface area (TPSA) is 229 Å². The molecule has 3 unspecified atom stereocenters. The number of likely N-dealkylation sites (N-methyl/N-ethyl adjacent to an activating group) is 1. The molecular weight excluding hydrogens is 1070 g/mol. The molecule has 5 aliphatic rings. The van der Waals surface area contributed by atoms with Crippen LogP contribution in [0.15, 0.2) is 35.9 Å². The molecule has 0 aliphatic carbocycles. The van der Waals surface area contributed by atoms with Crippen LogP contribution in [0.5, 0.6) is 5.75 Å². The second kappa shape index (κ2) is 26.3. The number of carbonyl (C=O) groups excluding carboxylic acids is 8. The Balaban J connectivity index is 1.04. The molecule has 1 N–H and O–H groups in total. The van der Waals surface area contributed by atoms with E-state index in [1.807, 2.05) is 59.8 Å². The molecule has 0 radical (unpaired) electrons. The van der Waals surface area contributed by atoms with Crippen molar-refractivity contribution in [3.8, 4) is 5.75 Å². The lowest BCUT2D eigenvalue weighted by Crippen LogP contribution is -2.53. The number of anilines is 1. The number of allylic oxidation sites excluding steroid dienone is 3. The summed E-state index contributed by atoms with van der Waals surface area (Å²) in [5, 5.41) is 1.79. The quantitative estimate of drug-likeness (QED) is 0.0673. The van der Waals surface area contributed by atoms with E-state index in [1.165, 1.54) is 52.4 Å². The summed E-state index contributed by atoms with van der Waals surface area (Å²) < 4.78 is 42.0. The van der Waals surface area contributed by atoms with E-state index in [4.69, 9.17) is 44.8 Å². The van der Waals surface area contributed by atoms with E-state index in [0.29, 0.717) is 43.7 Å². The number of esters is 1. The number of hydrogen-bond acceptors (Lipinski definition) is 17. The fourth-order valence-corrected chi connectivity index (χ4v) is 11.8. The van der Waals surface area contributed by atoms with Crippen LogP contribution in [0.2, 0.25) is 5.02 Å². The van der Waals surface area contributed by atoms with Gasteiger partial charge in [0.2, 0.25) is 35.4 Å². The van der Waals surface area contributed by atoms with Crippen molar-refractivity contribution in [2.24, 2.45) is 5.92 Å². The SMILES string of the molecule is COc1cc2cc(c1Cl)N(C)C(=O)C[C@H](OC(=O)[C@H](C)N(C)C(=O)CCSC1CC(=O)N(CCOC(C)(C)CCOC(C)(C)CCN3C(=O)CC(S)C3=O)C1=O)[C@]1(C)O[C@H]1[C@H](C)[C@@H]1CC(NC(=O)O1)[C@H](OC)/C=C/C=C(\C)C2. The van der Waals surface area contributed by atoms with Crippen molar-refractivity contribution in [3.05, 3.63) is 46.5 Å². The van der Waals surface area contributed by atoms with E-state index >= 15 is 0 Å². The van der Waals surface area contributed by atoms with Crippen LogP contribution in [-0.4, -0.2) is 186 Å². The lowest BCUT2D eigenvalue weighted by atomic mass is 9.84. The van der Waals surface area contributed by atoms with Gasteiger partial charge in [-0.25, -0.2) is 9.59 Å². The zero-order valence-corrected chi connectivity index (χ0v) is 49.4. The number of methoxy groups -OCH3 is 2. The first-order chi connectivity index (χ1) is 36.6. The Morgan fingerprint density at radius 3 is 2.29 bits per heavy atom. The number of rotatable bonds is 20. The van der Waals surface area contributed by atoms with Crippen molar-refractivity contribution < 1.29 is 71.5 Å². The minimum atomic E-state index is -1.22. The number of halogens is 1. The number of ether oxygens (including phenoxy) is 7. The van der Waals surface area contributed by atoms with E-state index in [1.54, 1.807) is 33.2 Å². The highest BCUT2D eigenvalue weighted by molar-refractivity contribution is 8.00. The Labute approximate surface area is 472 Å². The van der Waals surface area contributed by atoms with Crippen molar-refractivity contribution in [2.75, 3.05) is 65.3 Å². The maximum atomic E-state index is 14.4. The van der Waals surface area contributed by atoms with Gasteiger partial charge >= 0.3 is 12.1 Å². The summed E-state index contributed by atoms with van der Waals surface area (Å²) in [6.45, 7) is 15.4. The average molecular weight is 1150 g/mol. The van der Waals surface area contributed by atoms with Gasteiger partial charge in [0.25, 0.3) is 0 Å². The number of benzene rings is 1. The highest BCUT2D eigenvalue weighted by Gasteiger charge is 2.64. The van der Waals surface area contributed by atoms with Gasteiger partial charge in [-0.3, -0.25) is 38.6 Å². The summed E-state index contributed by atoms with van der Waals surface area (Å²) in [4.78, 5) is 111. The third-order valence-corrected chi connectivity index (χ3v) is 17.4. The van der Waals surface area contributed by atoms with Gasteiger partial charge in [0.1, 0.15) is 34.6 Å². The number of likely N-dealkylation sites (tertiary alicyclic amines) is 2. The molecule has 4 saturated heterocycles. The Morgan fingerprint density at radius 1 is 0.962 bits per heavy atom. The van der Waals surface area contributed by atoms with Gasteiger partial charge in [-0.2, -0.15) is 12.6 Å². The first-order valence-electron chi connectivity index (χ1n) is 26.5. The van der Waals surface area contributed by atoms with E-state index in [9.17, 15) is 38.4 Å². The first kappa shape index (κ1) is 62.5. The van der Waals surface area contributed by atoms with Crippen LogP contribution < -0.4 is 15.0 Å². The molecule has 1 aromatic carbocycles. The number of nitrogens with zero attached hydrogens (tertiary/aromatic N) is 4. The first-order valence-corrected chi connectivity index (χ1v) is 28.4. The summed E-state index contributed by atoms with van der Waals surface area (Å²) in [5.74, 6) is -2.78. The number of amides is 7. The zero-order valence-electron chi connectivity index (χ0n) is 46.9. The number of alkyl carbamates (subject to hydrolysis) is 1. The molecule has 0 saturated carbocycles. The summed E-state index contributed by atoms with van der Waals surface area (Å²) in [7, 11) is 6.09. The van der Waals surface area contributed by atoms with Crippen LogP contribution >= 0.6 is 36.0 Å². The molecule has 432 valence electrons. The van der Waals surface area contributed by atoms with Gasteiger partial charge in [-0.1, -0.05) is 42.3 Å². The molecule has 7 amide bonds. The van der Waals surface area contributed by atoms with Crippen molar-refractivity contribution in [1.29, 1.82) is 0 Å².